The van der Waals surface area contributed by atoms with Gasteiger partial charge in [-0.2, -0.15) is 0 Å². The first kappa shape index (κ1) is 14.4. The first-order chi connectivity index (χ1) is 9.93. The molecule has 3 heterocycles. The lowest BCUT2D eigenvalue weighted by molar-refractivity contribution is -0.168. The molecule has 1 aliphatic carbocycles. The van der Waals surface area contributed by atoms with E-state index in [9.17, 15) is 0 Å². The van der Waals surface area contributed by atoms with E-state index in [-0.39, 0.29) is 11.0 Å². The van der Waals surface area contributed by atoms with E-state index < -0.39 is 0 Å². The summed E-state index contributed by atoms with van der Waals surface area (Å²) >= 11 is 0. The molecule has 0 amide bonds. The number of piperazine rings is 1. The summed E-state index contributed by atoms with van der Waals surface area (Å²) in [6, 6.07) is 1.42. The third kappa shape index (κ3) is 1.89. The predicted molar refractivity (Wildman–Crippen MR) is 84.2 cm³/mol. The van der Waals surface area contributed by atoms with E-state index in [0.29, 0.717) is 18.1 Å². The fourth-order valence-electron chi connectivity index (χ4n) is 5.60. The summed E-state index contributed by atoms with van der Waals surface area (Å²) in [5.41, 5.74) is 7.01. The highest BCUT2D eigenvalue weighted by Gasteiger charge is 2.68. The molecule has 4 fully saturated rings. The molecule has 0 bridgehead atoms. The second kappa shape index (κ2) is 4.67. The lowest BCUT2D eigenvalue weighted by Gasteiger charge is -2.64. The lowest BCUT2D eigenvalue weighted by atomic mass is 9.48. The fraction of sp³-hybridized carbons (Fsp3) is 1.00. The maximum Gasteiger partial charge on any atom is 0.0691 e. The molecule has 1 saturated carbocycles. The molecule has 3 saturated heterocycles. The van der Waals surface area contributed by atoms with Gasteiger partial charge >= 0.3 is 0 Å². The third-order valence-corrected chi connectivity index (χ3v) is 7.20. The van der Waals surface area contributed by atoms with E-state index in [4.69, 9.17) is 10.5 Å². The van der Waals surface area contributed by atoms with Gasteiger partial charge in [0.2, 0.25) is 0 Å². The molecule has 5 unspecified atom stereocenters. The van der Waals surface area contributed by atoms with Crippen molar-refractivity contribution in [3.63, 3.8) is 0 Å². The highest BCUT2D eigenvalue weighted by atomic mass is 16.5. The number of hydrogen-bond donors (Lipinski definition) is 1. The second-order valence-corrected chi connectivity index (χ2v) is 8.52. The Kier molecular flexibility index (Phi) is 3.21. The van der Waals surface area contributed by atoms with Gasteiger partial charge in [0, 0.05) is 55.2 Å². The average Bonchev–Trinajstić information content (AvgIpc) is 3.06. The van der Waals surface area contributed by atoms with Gasteiger partial charge in [-0.05, 0) is 32.7 Å². The molecule has 4 nitrogen and oxygen atoms in total. The van der Waals surface area contributed by atoms with E-state index in [0.717, 1.165) is 25.6 Å². The van der Waals surface area contributed by atoms with Crippen molar-refractivity contribution in [1.29, 1.82) is 0 Å². The SMILES string of the molecule is CC1CN2CCCC2CN1CC1(N)C2CCOC2C1(C)C. The van der Waals surface area contributed by atoms with E-state index in [1.807, 2.05) is 0 Å². The highest BCUT2D eigenvalue weighted by Crippen LogP contribution is 2.58. The Hall–Kier alpha value is -0.160. The quantitative estimate of drug-likeness (QED) is 0.833. The van der Waals surface area contributed by atoms with Crippen molar-refractivity contribution in [2.75, 3.05) is 32.8 Å². The van der Waals surface area contributed by atoms with Crippen molar-refractivity contribution in [3.8, 4) is 0 Å². The molecule has 3 aliphatic heterocycles. The van der Waals surface area contributed by atoms with E-state index in [2.05, 4.69) is 30.6 Å². The van der Waals surface area contributed by atoms with Crippen molar-refractivity contribution < 1.29 is 4.74 Å². The van der Waals surface area contributed by atoms with Gasteiger partial charge in [0.05, 0.1) is 6.10 Å². The number of ether oxygens (including phenoxy) is 1. The van der Waals surface area contributed by atoms with Crippen LogP contribution in [0.15, 0.2) is 0 Å². The third-order valence-electron chi connectivity index (χ3n) is 7.20. The molecule has 5 atom stereocenters. The van der Waals surface area contributed by atoms with E-state index in [1.165, 1.54) is 32.5 Å². The molecule has 2 N–H and O–H groups in total. The van der Waals surface area contributed by atoms with E-state index >= 15 is 0 Å². The van der Waals surface area contributed by atoms with E-state index in [1.54, 1.807) is 0 Å². The van der Waals surface area contributed by atoms with Crippen molar-refractivity contribution in [2.24, 2.45) is 17.1 Å². The zero-order valence-electron chi connectivity index (χ0n) is 13.8. The normalized spacial score (nSPS) is 49.7. The van der Waals surface area contributed by atoms with Gasteiger partial charge in [-0.15, -0.1) is 0 Å². The largest absolute Gasteiger partial charge is 0.377 e. The van der Waals surface area contributed by atoms with Crippen LogP contribution < -0.4 is 5.73 Å². The van der Waals surface area contributed by atoms with Gasteiger partial charge in [-0.1, -0.05) is 13.8 Å². The van der Waals surface area contributed by atoms with Crippen molar-refractivity contribution >= 4 is 0 Å². The first-order valence-corrected chi connectivity index (χ1v) is 8.82. The summed E-state index contributed by atoms with van der Waals surface area (Å²) in [6.45, 7) is 12.7. The van der Waals surface area contributed by atoms with Crippen LogP contribution in [0.3, 0.4) is 0 Å². The van der Waals surface area contributed by atoms with Gasteiger partial charge in [-0.3, -0.25) is 9.80 Å². The van der Waals surface area contributed by atoms with Gasteiger partial charge in [0.1, 0.15) is 0 Å². The molecular formula is C17H31N3O. The zero-order valence-corrected chi connectivity index (χ0v) is 13.8. The first-order valence-electron chi connectivity index (χ1n) is 8.82. The van der Waals surface area contributed by atoms with Gasteiger partial charge < -0.3 is 10.5 Å². The number of nitrogens with zero attached hydrogens (tertiary/aromatic N) is 2. The van der Waals surface area contributed by atoms with Gasteiger partial charge in [0.15, 0.2) is 0 Å². The molecule has 4 aliphatic rings. The maximum absolute atomic E-state index is 6.96. The molecule has 0 aromatic heterocycles. The van der Waals surface area contributed by atoms with Crippen LogP contribution >= 0.6 is 0 Å². The Labute approximate surface area is 129 Å². The Morgan fingerprint density at radius 1 is 1.24 bits per heavy atom. The van der Waals surface area contributed by atoms with Crippen LogP contribution in [0.5, 0.6) is 0 Å². The number of nitrogens with two attached hydrogens (primary N) is 1. The number of fused-ring (bicyclic) bond motifs is 2. The molecule has 0 radical (unpaired) electrons. The zero-order chi connectivity index (χ0) is 14.8. The Morgan fingerprint density at radius 3 is 2.86 bits per heavy atom. The topological polar surface area (TPSA) is 41.7 Å². The van der Waals surface area contributed by atoms with Crippen LogP contribution in [0.4, 0.5) is 0 Å². The van der Waals surface area contributed by atoms with Crippen LogP contribution in [0.25, 0.3) is 0 Å². The molecule has 120 valence electrons. The van der Waals surface area contributed by atoms with Gasteiger partial charge in [0.25, 0.3) is 0 Å². The van der Waals surface area contributed by atoms with Crippen LogP contribution in [-0.2, 0) is 4.74 Å². The summed E-state index contributed by atoms with van der Waals surface area (Å²) in [5, 5.41) is 0. The Morgan fingerprint density at radius 2 is 2.05 bits per heavy atom. The monoisotopic (exact) mass is 293 g/mol. The Bertz CT molecular complexity index is 426. The summed E-state index contributed by atoms with van der Waals surface area (Å²) in [7, 11) is 0. The molecule has 0 spiro atoms. The lowest BCUT2D eigenvalue weighted by Crippen LogP contribution is -2.79. The molecule has 0 aromatic carbocycles. The summed E-state index contributed by atoms with van der Waals surface area (Å²) < 4.78 is 5.94. The Balaban J connectivity index is 1.50. The smallest absolute Gasteiger partial charge is 0.0691 e. The van der Waals surface area contributed by atoms with Crippen molar-refractivity contribution in [3.05, 3.63) is 0 Å². The highest BCUT2D eigenvalue weighted by molar-refractivity contribution is 5.22. The predicted octanol–water partition coefficient (Wildman–Crippen LogP) is 1.30. The minimum atomic E-state index is -0.0663. The van der Waals surface area contributed by atoms with Crippen LogP contribution in [0.2, 0.25) is 0 Å². The van der Waals surface area contributed by atoms with Gasteiger partial charge in [-0.25, -0.2) is 0 Å². The number of rotatable bonds is 2. The van der Waals surface area contributed by atoms with Crippen LogP contribution in [-0.4, -0.2) is 66.3 Å². The fourth-order valence-corrected chi connectivity index (χ4v) is 5.60. The second-order valence-electron chi connectivity index (χ2n) is 8.52. The molecule has 4 rings (SSSR count). The summed E-state index contributed by atoms with van der Waals surface area (Å²) in [4.78, 5) is 5.38. The maximum atomic E-state index is 6.96. The molecule has 21 heavy (non-hydrogen) atoms. The molecule has 4 heteroatoms. The standard InChI is InChI=1S/C17H31N3O/c1-12-9-19-7-4-5-13(19)10-20(12)11-17(18)14-6-8-21-15(14)16(17,2)3/h12-15H,4-11,18H2,1-3H3. The molecular weight excluding hydrogens is 262 g/mol. The summed E-state index contributed by atoms with van der Waals surface area (Å²) in [6.07, 6.45) is 4.30. The molecule has 0 aromatic rings. The number of hydrogen-bond acceptors (Lipinski definition) is 4. The summed E-state index contributed by atoms with van der Waals surface area (Å²) in [5.74, 6) is 0.571. The van der Waals surface area contributed by atoms with Crippen molar-refractivity contribution in [1.82, 2.24) is 9.80 Å². The van der Waals surface area contributed by atoms with Crippen LogP contribution in [0, 0.1) is 11.3 Å². The minimum Gasteiger partial charge on any atom is -0.377 e. The minimum absolute atomic E-state index is 0.0663. The van der Waals surface area contributed by atoms with Crippen LogP contribution in [0.1, 0.15) is 40.0 Å². The average molecular weight is 293 g/mol. The van der Waals surface area contributed by atoms with Crippen molar-refractivity contribution in [2.45, 2.75) is 63.8 Å².